The molecular formula is C18H20O2. The first kappa shape index (κ1) is 15.8. The van der Waals surface area contributed by atoms with Gasteiger partial charge in [-0.15, -0.1) is 0 Å². The van der Waals surface area contributed by atoms with Crippen molar-refractivity contribution in [1.82, 2.24) is 0 Å². The second-order valence-corrected chi connectivity index (χ2v) is 4.87. The van der Waals surface area contributed by atoms with Crippen LogP contribution in [0.2, 0.25) is 0 Å². The molecule has 0 radical (unpaired) electrons. The molecule has 0 saturated carbocycles. The molecule has 0 aliphatic carbocycles. The van der Waals surface area contributed by atoms with E-state index in [1.807, 2.05) is 64.1 Å². The number of carbonyl (C=O) groups is 2. The minimum Gasteiger partial charge on any atom is -0.298 e. The van der Waals surface area contributed by atoms with Crippen molar-refractivity contribution in [1.29, 1.82) is 0 Å². The van der Waals surface area contributed by atoms with Gasteiger partial charge >= 0.3 is 0 Å². The third kappa shape index (κ3) is 4.16. The third-order valence-corrected chi connectivity index (χ3v) is 3.44. The van der Waals surface area contributed by atoms with Crippen LogP contribution in [0.15, 0.2) is 36.4 Å². The van der Waals surface area contributed by atoms with Crippen LogP contribution in [0.1, 0.15) is 43.0 Å². The molecule has 0 spiro atoms. The summed E-state index contributed by atoms with van der Waals surface area (Å²) in [5.41, 5.74) is 6.19. The normalized spacial score (nSPS) is 9.40. The topological polar surface area (TPSA) is 34.1 Å². The summed E-state index contributed by atoms with van der Waals surface area (Å²) < 4.78 is 0. The summed E-state index contributed by atoms with van der Waals surface area (Å²) in [6, 6.07) is 11.4. The van der Waals surface area contributed by atoms with Crippen molar-refractivity contribution in [2.45, 2.75) is 27.7 Å². The van der Waals surface area contributed by atoms with Crippen molar-refractivity contribution in [3.8, 4) is 0 Å². The van der Waals surface area contributed by atoms with Gasteiger partial charge in [-0.25, -0.2) is 0 Å². The Kier molecular flexibility index (Phi) is 5.85. The van der Waals surface area contributed by atoms with Gasteiger partial charge in [0, 0.05) is 11.1 Å². The summed E-state index contributed by atoms with van der Waals surface area (Å²) in [6.07, 6.45) is 1.76. The Bertz CT molecular complexity index is 613. The fourth-order valence-corrected chi connectivity index (χ4v) is 1.74. The van der Waals surface area contributed by atoms with Gasteiger partial charge in [0.1, 0.15) is 12.6 Å². The zero-order chi connectivity index (χ0) is 15.1. The van der Waals surface area contributed by atoms with Gasteiger partial charge in [-0.3, -0.25) is 9.59 Å². The van der Waals surface area contributed by atoms with Crippen LogP contribution in [0, 0.1) is 27.7 Å². The van der Waals surface area contributed by atoms with E-state index >= 15 is 0 Å². The average Bonchev–Trinajstić information content (AvgIpc) is 2.45. The number of benzene rings is 2. The van der Waals surface area contributed by atoms with Crippen LogP contribution in [-0.2, 0) is 0 Å². The van der Waals surface area contributed by atoms with Crippen molar-refractivity contribution >= 4 is 12.6 Å². The molecule has 0 bridgehead atoms. The summed E-state index contributed by atoms with van der Waals surface area (Å²) in [5.74, 6) is 0. The van der Waals surface area contributed by atoms with E-state index < -0.39 is 0 Å². The molecule has 0 atom stereocenters. The van der Waals surface area contributed by atoms with Gasteiger partial charge in [-0.05, 0) is 56.0 Å². The van der Waals surface area contributed by atoms with Crippen LogP contribution in [0.3, 0.4) is 0 Å². The standard InChI is InChI=1S/2C9H10O/c1-7-3-4-9(6-10)5-8(7)2;1-7-4-3-5-9(6-10)8(7)2/h2*3-6H,1-2H3. The van der Waals surface area contributed by atoms with Crippen molar-refractivity contribution in [3.05, 3.63) is 69.8 Å². The van der Waals surface area contributed by atoms with Gasteiger partial charge < -0.3 is 0 Å². The van der Waals surface area contributed by atoms with Crippen molar-refractivity contribution < 1.29 is 9.59 Å². The monoisotopic (exact) mass is 268 g/mol. The van der Waals surface area contributed by atoms with Gasteiger partial charge in [0.05, 0.1) is 0 Å². The predicted molar refractivity (Wildman–Crippen MR) is 82.6 cm³/mol. The molecule has 0 aliphatic heterocycles. The number of aryl methyl sites for hydroxylation is 3. The molecule has 2 aromatic rings. The lowest BCUT2D eigenvalue weighted by Crippen LogP contribution is -1.87. The number of rotatable bonds is 2. The molecule has 0 unspecified atom stereocenters. The molecule has 104 valence electrons. The molecule has 0 aromatic heterocycles. The molecule has 2 heteroatoms. The van der Waals surface area contributed by atoms with E-state index in [1.165, 1.54) is 16.7 Å². The van der Waals surface area contributed by atoms with E-state index in [2.05, 4.69) is 0 Å². The van der Waals surface area contributed by atoms with Crippen LogP contribution in [0.4, 0.5) is 0 Å². The van der Waals surface area contributed by atoms with Crippen molar-refractivity contribution in [3.63, 3.8) is 0 Å². The predicted octanol–water partition coefficient (Wildman–Crippen LogP) is 4.23. The molecule has 2 nitrogen and oxygen atoms in total. The fourth-order valence-electron chi connectivity index (χ4n) is 1.74. The van der Waals surface area contributed by atoms with E-state index in [-0.39, 0.29) is 0 Å². The van der Waals surface area contributed by atoms with Crippen molar-refractivity contribution in [2.24, 2.45) is 0 Å². The Morgan fingerprint density at radius 3 is 1.95 bits per heavy atom. The van der Waals surface area contributed by atoms with E-state index in [1.54, 1.807) is 0 Å². The first-order valence-electron chi connectivity index (χ1n) is 6.53. The maximum Gasteiger partial charge on any atom is 0.150 e. The van der Waals surface area contributed by atoms with Crippen LogP contribution < -0.4 is 0 Å². The summed E-state index contributed by atoms with van der Waals surface area (Å²) in [6.45, 7) is 7.99. The maximum atomic E-state index is 10.4. The SMILES string of the molecule is Cc1ccc(C=O)cc1C.Cc1cccc(C=O)c1C. The first-order valence-corrected chi connectivity index (χ1v) is 6.53. The lowest BCUT2D eigenvalue weighted by Gasteiger charge is -1.99. The Labute approximate surface area is 120 Å². The van der Waals surface area contributed by atoms with Gasteiger partial charge in [-0.1, -0.05) is 30.3 Å². The lowest BCUT2D eigenvalue weighted by atomic mass is 10.1. The van der Waals surface area contributed by atoms with E-state index in [0.717, 1.165) is 29.3 Å². The molecular weight excluding hydrogens is 248 g/mol. The second-order valence-electron chi connectivity index (χ2n) is 4.87. The quantitative estimate of drug-likeness (QED) is 0.764. The Balaban J connectivity index is 0.000000200. The van der Waals surface area contributed by atoms with Crippen LogP contribution in [0.25, 0.3) is 0 Å². The molecule has 0 fully saturated rings. The lowest BCUT2D eigenvalue weighted by molar-refractivity contribution is 0.111. The summed E-state index contributed by atoms with van der Waals surface area (Å²) in [5, 5.41) is 0. The van der Waals surface area contributed by atoms with Gasteiger partial charge in [0.15, 0.2) is 0 Å². The Hall–Kier alpha value is -2.22. The first-order chi connectivity index (χ1) is 9.49. The number of hydrogen-bond donors (Lipinski definition) is 0. The van der Waals surface area contributed by atoms with Crippen LogP contribution >= 0.6 is 0 Å². The molecule has 2 rings (SSSR count). The Morgan fingerprint density at radius 1 is 0.750 bits per heavy atom. The highest BCUT2D eigenvalue weighted by atomic mass is 16.1. The highest BCUT2D eigenvalue weighted by Gasteiger charge is 1.96. The highest BCUT2D eigenvalue weighted by molar-refractivity contribution is 5.77. The Morgan fingerprint density at radius 2 is 1.45 bits per heavy atom. The number of aldehydes is 2. The number of carbonyl (C=O) groups excluding carboxylic acids is 2. The highest BCUT2D eigenvalue weighted by Crippen LogP contribution is 2.09. The average molecular weight is 268 g/mol. The minimum atomic E-state index is 0.753. The smallest absolute Gasteiger partial charge is 0.150 e. The summed E-state index contributed by atoms with van der Waals surface area (Å²) >= 11 is 0. The molecule has 0 amide bonds. The maximum absolute atomic E-state index is 10.4. The second kappa shape index (κ2) is 7.39. The summed E-state index contributed by atoms with van der Waals surface area (Å²) in [4.78, 5) is 20.6. The summed E-state index contributed by atoms with van der Waals surface area (Å²) in [7, 11) is 0. The molecule has 0 saturated heterocycles. The van der Waals surface area contributed by atoms with E-state index in [9.17, 15) is 9.59 Å². The van der Waals surface area contributed by atoms with E-state index in [0.29, 0.717) is 0 Å². The minimum absolute atomic E-state index is 0.753. The number of hydrogen-bond acceptors (Lipinski definition) is 2. The zero-order valence-electron chi connectivity index (χ0n) is 12.4. The largest absolute Gasteiger partial charge is 0.298 e. The van der Waals surface area contributed by atoms with Gasteiger partial charge in [-0.2, -0.15) is 0 Å². The van der Waals surface area contributed by atoms with Crippen molar-refractivity contribution in [2.75, 3.05) is 0 Å². The molecule has 2 aromatic carbocycles. The molecule has 0 aliphatic rings. The van der Waals surface area contributed by atoms with Gasteiger partial charge in [0.2, 0.25) is 0 Å². The molecule has 0 heterocycles. The third-order valence-electron chi connectivity index (χ3n) is 3.44. The van der Waals surface area contributed by atoms with E-state index in [4.69, 9.17) is 0 Å². The molecule has 0 N–H and O–H groups in total. The van der Waals surface area contributed by atoms with Crippen LogP contribution in [-0.4, -0.2) is 12.6 Å². The molecule has 20 heavy (non-hydrogen) atoms. The van der Waals surface area contributed by atoms with Gasteiger partial charge in [0.25, 0.3) is 0 Å². The fraction of sp³-hybridized carbons (Fsp3) is 0.222. The zero-order valence-corrected chi connectivity index (χ0v) is 12.4. The van der Waals surface area contributed by atoms with Crippen LogP contribution in [0.5, 0.6) is 0 Å².